The van der Waals surface area contributed by atoms with Gasteiger partial charge in [0.15, 0.2) is 0 Å². The Balaban J connectivity index is 2.01. The van der Waals surface area contributed by atoms with E-state index in [0.717, 1.165) is 13.0 Å². The minimum atomic E-state index is 0.125. The molecule has 68 valence electrons. The second kappa shape index (κ2) is 3.05. The zero-order valence-corrected chi connectivity index (χ0v) is 7.20. The van der Waals surface area contributed by atoms with E-state index in [1.807, 2.05) is 4.90 Å². The van der Waals surface area contributed by atoms with Crippen molar-refractivity contribution in [2.45, 2.75) is 31.7 Å². The zero-order chi connectivity index (χ0) is 8.55. The van der Waals surface area contributed by atoms with Crippen LogP contribution in [-0.2, 0) is 4.79 Å². The Labute approximate surface area is 72.4 Å². The van der Waals surface area contributed by atoms with Gasteiger partial charge in [0.05, 0.1) is 0 Å². The third-order valence-corrected chi connectivity index (χ3v) is 3.04. The molecule has 2 saturated heterocycles. The van der Waals surface area contributed by atoms with Gasteiger partial charge in [-0.15, -0.1) is 0 Å². The van der Waals surface area contributed by atoms with Crippen molar-refractivity contribution in [2.75, 3.05) is 13.2 Å². The first-order valence-corrected chi connectivity index (χ1v) is 4.74. The molecule has 0 aromatic heterocycles. The first-order valence-electron chi connectivity index (χ1n) is 4.74. The van der Waals surface area contributed by atoms with E-state index < -0.39 is 0 Å². The molecule has 2 aliphatic rings. The largest absolute Gasteiger partial charge is 0.396 e. The Morgan fingerprint density at radius 3 is 3.08 bits per heavy atom. The number of amides is 1. The molecule has 0 unspecified atom stereocenters. The third-order valence-electron chi connectivity index (χ3n) is 3.04. The van der Waals surface area contributed by atoms with Crippen molar-refractivity contribution in [2.24, 2.45) is 5.92 Å². The summed E-state index contributed by atoms with van der Waals surface area (Å²) < 4.78 is 0. The number of fused-ring (bicyclic) bond motifs is 1. The maximum Gasteiger partial charge on any atom is 0.226 e. The number of nitrogens with zero attached hydrogens (tertiary/aromatic N) is 1. The van der Waals surface area contributed by atoms with Crippen LogP contribution in [0.15, 0.2) is 0 Å². The van der Waals surface area contributed by atoms with Gasteiger partial charge in [0.2, 0.25) is 5.91 Å². The van der Waals surface area contributed by atoms with E-state index in [1.165, 1.54) is 12.8 Å². The van der Waals surface area contributed by atoms with Gasteiger partial charge in [-0.25, -0.2) is 0 Å². The van der Waals surface area contributed by atoms with Gasteiger partial charge in [0.1, 0.15) is 0 Å². The average Bonchev–Trinajstić information content (AvgIpc) is 2.58. The molecule has 3 nitrogen and oxygen atoms in total. The van der Waals surface area contributed by atoms with Gasteiger partial charge in [-0.05, 0) is 25.7 Å². The first kappa shape index (κ1) is 8.05. The van der Waals surface area contributed by atoms with Crippen LogP contribution in [0.4, 0.5) is 0 Å². The Bertz CT molecular complexity index is 193. The second-order valence-electron chi connectivity index (χ2n) is 3.77. The fourth-order valence-electron chi connectivity index (χ4n) is 2.43. The number of hydrogen-bond acceptors (Lipinski definition) is 2. The van der Waals surface area contributed by atoms with Gasteiger partial charge < -0.3 is 10.0 Å². The molecule has 2 rings (SSSR count). The van der Waals surface area contributed by atoms with Crippen molar-refractivity contribution < 1.29 is 9.90 Å². The molecule has 1 N–H and O–H groups in total. The first-order chi connectivity index (χ1) is 5.83. The molecule has 0 aliphatic carbocycles. The predicted octanol–water partition coefficient (Wildman–Crippen LogP) is 0.380. The lowest BCUT2D eigenvalue weighted by Crippen LogP contribution is -2.28. The van der Waals surface area contributed by atoms with E-state index >= 15 is 0 Å². The molecule has 3 heteroatoms. The number of carbonyl (C=O) groups excluding carboxylic acids is 1. The van der Waals surface area contributed by atoms with Crippen molar-refractivity contribution in [3.63, 3.8) is 0 Å². The van der Waals surface area contributed by atoms with Crippen molar-refractivity contribution in [1.82, 2.24) is 4.90 Å². The van der Waals surface area contributed by atoms with E-state index in [9.17, 15) is 4.79 Å². The van der Waals surface area contributed by atoms with Crippen molar-refractivity contribution in [1.29, 1.82) is 0 Å². The summed E-state index contributed by atoms with van der Waals surface area (Å²) in [4.78, 5) is 13.6. The van der Waals surface area contributed by atoms with Gasteiger partial charge in [-0.2, -0.15) is 0 Å². The Hall–Kier alpha value is -0.570. The number of rotatable bonds is 2. The van der Waals surface area contributed by atoms with Crippen molar-refractivity contribution in [3.8, 4) is 0 Å². The molecule has 12 heavy (non-hydrogen) atoms. The molecule has 0 aromatic rings. The summed E-state index contributed by atoms with van der Waals surface area (Å²) in [6.45, 7) is 1.10. The van der Waals surface area contributed by atoms with Crippen LogP contribution in [0.2, 0.25) is 0 Å². The van der Waals surface area contributed by atoms with Crippen LogP contribution in [0.3, 0.4) is 0 Å². The molecule has 0 saturated carbocycles. The lowest BCUT2D eigenvalue weighted by molar-refractivity contribution is -0.131. The maximum atomic E-state index is 11.6. The highest BCUT2D eigenvalue weighted by atomic mass is 16.3. The Morgan fingerprint density at radius 2 is 2.42 bits per heavy atom. The minimum absolute atomic E-state index is 0.125. The number of aliphatic hydroxyl groups is 1. The molecule has 2 fully saturated rings. The van der Waals surface area contributed by atoms with E-state index in [1.54, 1.807) is 0 Å². The number of aliphatic hydroxyl groups excluding tert-OH is 1. The predicted molar refractivity (Wildman–Crippen MR) is 44.5 cm³/mol. The third kappa shape index (κ3) is 1.12. The summed E-state index contributed by atoms with van der Waals surface area (Å²) in [5.74, 6) is 0.409. The zero-order valence-electron chi connectivity index (χ0n) is 7.20. The molecule has 2 aliphatic heterocycles. The van der Waals surface area contributed by atoms with Gasteiger partial charge in [-0.3, -0.25) is 4.79 Å². The van der Waals surface area contributed by atoms with Crippen molar-refractivity contribution in [3.05, 3.63) is 0 Å². The monoisotopic (exact) mass is 169 g/mol. The van der Waals surface area contributed by atoms with Crippen LogP contribution in [0.5, 0.6) is 0 Å². The normalized spacial score (nSPS) is 34.4. The van der Waals surface area contributed by atoms with Crippen molar-refractivity contribution >= 4 is 5.91 Å². The maximum absolute atomic E-state index is 11.6. The molecular formula is C9H15NO2. The van der Waals surface area contributed by atoms with Gasteiger partial charge in [0.25, 0.3) is 0 Å². The van der Waals surface area contributed by atoms with Gasteiger partial charge in [0, 0.05) is 25.1 Å². The summed E-state index contributed by atoms with van der Waals surface area (Å²) in [7, 11) is 0. The molecule has 2 atom stereocenters. The van der Waals surface area contributed by atoms with Crippen LogP contribution < -0.4 is 0 Å². The van der Waals surface area contributed by atoms with Crippen LogP contribution in [-0.4, -0.2) is 35.1 Å². The highest BCUT2D eigenvalue weighted by Gasteiger charge is 2.40. The quantitative estimate of drug-likeness (QED) is 0.649. The van der Waals surface area contributed by atoms with Gasteiger partial charge >= 0.3 is 0 Å². The van der Waals surface area contributed by atoms with E-state index in [2.05, 4.69) is 0 Å². The molecular weight excluding hydrogens is 154 g/mol. The van der Waals surface area contributed by atoms with Crippen LogP contribution >= 0.6 is 0 Å². The highest BCUT2D eigenvalue weighted by molar-refractivity contribution is 5.81. The summed E-state index contributed by atoms with van der Waals surface area (Å²) in [6.07, 6.45) is 3.99. The number of hydrogen-bond donors (Lipinski definition) is 1. The summed E-state index contributed by atoms with van der Waals surface area (Å²) in [5.41, 5.74) is 0. The summed E-state index contributed by atoms with van der Waals surface area (Å²) in [6, 6.07) is 0.508. The fraction of sp³-hybridized carbons (Fsp3) is 0.889. The minimum Gasteiger partial charge on any atom is -0.396 e. The molecule has 0 spiro atoms. The SMILES string of the molecule is O=C1[C@@H](CCO)C[C@@H]2CCCN12. The summed E-state index contributed by atoms with van der Waals surface area (Å²) >= 11 is 0. The lowest BCUT2D eigenvalue weighted by atomic mass is 10.00. The topological polar surface area (TPSA) is 40.5 Å². The molecule has 0 radical (unpaired) electrons. The van der Waals surface area contributed by atoms with Crippen LogP contribution in [0.1, 0.15) is 25.7 Å². The Morgan fingerprint density at radius 1 is 1.58 bits per heavy atom. The lowest BCUT2D eigenvalue weighted by Gasteiger charge is -2.14. The Kier molecular flexibility index (Phi) is 2.05. The average molecular weight is 169 g/mol. The van der Waals surface area contributed by atoms with Gasteiger partial charge in [-0.1, -0.05) is 0 Å². The molecule has 0 bridgehead atoms. The standard InChI is InChI=1S/C9H15NO2/c11-5-3-7-6-8-2-1-4-10(8)9(7)12/h7-8,11H,1-6H2/t7-,8-/m0/s1. The van der Waals surface area contributed by atoms with Crippen LogP contribution in [0, 0.1) is 5.92 Å². The highest BCUT2D eigenvalue weighted by Crippen LogP contribution is 2.33. The fourth-order valence-corrected chi connectivity index (χ4v) is 2.43. The molecule has 1 amide bonds. The second-order valence-corrected chi connectivity index (χ2v) is 3.77. The molecule has 0 aromatic carbocycles. The summed E-state index contributed by atoms with van der Waals surface area (Å²) in [5, 5.41) is 8.74. The molecule has 2 heterocycles. The van der Waals surface area contributed by atoms with Crippen LogP contribution in [0.25, 0.3) is 0 Å². The number of carbonyl (C=O) groups is 1. The smallest absolute Gasteiger partial charge is 0.226 e. The van der Waals surface area contributed by atoms with E-state index in [-0.39, 0.29) is 18.4 Å². The van der Waals surface area contributed by atoms with E-state index in [4.69, 9.17) is 5.11 Å². The van der Waals surface area contributed by atoms with E-state index in [0.29, 0.717) is 12.5 Å².